The van der Waals surface area contributed by atoms with Gasteiger partial charge in [0, 0.05) is 37.3 Å². The van der Waals surface area contributed by atoms with E-state index in [1.54, 1.807) is 17.0 Å². The largest absolute Gasteiger partial charge is 0.465 e. The molecule has 1 saturated heterocycles. The number of halogens is 1. The Morgan fingerprint density at radius 1 is 1.11 bits per heavy atom. The van der Waals surface area contributed by atoms with E-state index in [-0.39, 0.29) is 11.7 Å². The zero-order valence-electron chi connectivity index (χ0n) is 15.2. The molecule has 0 aliphatic carbocycles. The summed E-state index contributed by atoms with van der Waals surface area (Å²) in [6.07, 6.45) is 3.40. The second kappa shape index (κ2) is 6.25. The van der Waals surface area contributed by atoms with Crippen molar-refractivity contribution in [3.63, 3.8) is 0 Å². The third kappa shape index (κ3) is 2.68. The lowest BCUT2D eigenvalue weighted by atomic mass is 9.86. The zero-order valence-corrected chi connectivity index (χ0v) is 15.2. The highest BCUT2D eigenvalue weighted by molar-refractivity contribution is 5.76. The maximum absolute atomic E-state index is 13.8. The molecule has 1 N–H and O–H groups in total. The highest BCUT2D eigenvalue weighted by Crippen LogP contribution is 2.49. The number of carbonyl (C=O) groups is 1. The van der Waals surface area contributed by atoms with Crippen LogP contribution in [0.15, 0.2) is 36.4 Å². The third-order valence-electron chi connectivity index (χ3n) is 6.41. The van der Waals surface area contributed by atoms with Crippen LogP contribution >= 0.6 is 0 Å². The van der Waals surface area contributed by atoms with Crippen LogP contribution in [0.1, 0.15) is 36.3 Å². The minimum absolute atomic E-state index is 0.204. The van der Waals surface area contributed by atoms with Crippen molar-refractivity contribution in [2.75, 3.05) is 24.5 Å². The number of nitrogens with zero attached hydrogens (tertiary/aromatic N) is 2. The van der Waals surface area contributed by atoms with Crippen LogP contribution in [0.25, 0.3) is 11.1 Å². The Labute approximate surface area is 158 Å². The molecule has 1 fully saturated rings. The van der Waals surface area contributed by atoms with E-state index in [9.17, 15) is 14.3 Å². The molecule has 0 saturated carbocycles. The Morgan fingerprint density at radius 3 is 2.81 bits per heavy atom. The fraction of sp³-hybridized carbons (Fsp3) is 0.409. The average Bonchev–Trinajstić information content (AvgIpc) is 2.82. The SMILES string of the molecule is O=C(O)N1CC[C@H]2[C@@H](C1)c1cc(-c3cccc(F)c3)cc3c1N2CCCC3. The summed E-state index contributed by atoms with van der Waals surface area (Å²) in [7, 11) is 0. The van der Waals surface area contributed by atoms with Crippen molar-refractivity contribution in [1.82, 2.24) is 4.90 Å². The lowest BCUT2D eigenvalue weighted by molar-refractivity contribution is 0.127. The van der Waals surface area contributed by atoms with Gasteiger partial charge in [-0.05, 0) is 72.2 Å². The average molecular weight is 366 g/mol. The van der Waals surface area contributed by atoms with Crippen molar-refractivity contribution in [1.29, 1.82) is 0 Å². The van der Waals surface area contributed by atoms with Crippen molar-refractivity contribution in [2.24, 2.45) is 0 Å². The topological polar surface area (TPSA) is 43.8 Å². The summed E-state index contributed by atoms with van der Waals surface area (Å²) in [4.78, 5) is 15.6. The summed E-state index contributed by atoms with van der Waals surface area (Å²) in [5, 5.41) is 9.48. The number of benzene rings is 2. The van der Waals surface area contributed by atoms with Gasteiger partial charge in [-0.3, -0.25) is 0 Å². The molecule has 0 radical (unpaired) electrons. The van der Waals surface area contributed by atoms with Gasteiger partial charge < -0.3 is 14.9 Å². The Hall–Kier alpha value is -2.56. The maximum atomic E-state index is 13.8. The molecule has 0 spiro atoms. The van der Waals surface area contributed by atoms with Gasteiger partial charge in [-0.25, -0.2) is 9.18 Å². The van der Waals surface area contributed by atoms with Crippen LogP contribution in [0.5, 0.6) is 0 Å². The van der Waals surface area contributed by atoms with Gasteiger partial charge in [0.1, 0.15) is 5.82 Å². The molecule has 5 rings (SSSR count). The van der Waals surface area contributed by atoms with Crippen LogP contribution in [0.4, 0.5) is 14.9 Å². The van der Waals surface area contributed by atoms with E-state index in [2.05, 4.69) is 17.0 Å². The predicted molar refractivity (Wildman–Crippen MR) is 103 cm³/mol. The van der Waals surface area contributed by atoms with Gasteiger partial charge in [0.15, 0.2) is 0 Å². The normalized spacial score (nSPS) is 23.6. The number of hydrogen-bond donors (Lipinski definition) is 1. The molecule has 0 aromatic heterocycles. The molecule has 0 bridgehead atoms. The van der Waals surface area contributed by atoms with E-state index in [0.29, 0.717) is 19.1 Å². The number of piperidine rings is 1. The van der Waals surface area contributed by atoms with Crippen molar-refractivity contribution >= 4 is 11.8 Å². The van der Waals surface area contributed by atoms with E-state index >= 15 is 0 Å². The van der Waals surface area contributed by atoms with Gasteiger partial charge >= 0.3 is 6.09 Å². The molecule has 1 amide bonds. The zero-order chi connectivity index (χ0) is 18.5. The molecule has 3 heterocycles. The van der Waals surface area contributed by atoms with E-state index in [4.69, 9.17) is 0 Å². The van der Waals surface area contributed by atoms with Crippen molar-refractivity contribution < 1.29 is 14.3 Å². The van der Waals surface area contributed by atoms with Crippen molar-refractivity contribution in [2.45, 2.75) is 37.6 Å². The molecule has 3 aliphatic heterocycles. The van der Waals surface area contributed by atoms with E-state index in [1.165, 1.54) is 22.9 Å². The van der Waals surface area contributed by atoms with Crippen LogP contribution in [0, 0.1) is 5.82 Å². The highest BCUT2D eigenvalue weighted by atomic mass is 19.1. The second-order valence-corrected chi connectivity index (χ2v) is 7.93. The molecule has 2 aromatic rings. The van der Waals surface area contributed by atoms with Gasteiger partial charge in [0.2, 0.25) is 0 Å². The molecule has 4 nitrogen and oxygen atoms in total. The van der Waals surface area contributed by atoms with Gasteiger partial charge in [-0.2, -0.15) is 0 Å². The first-order chi connectivity index (χ1) is 13.1. The lowest BCUT2D eigenvalue weighted by Gasteiger charge is -2.37. The molecule has 2 aromatic carbocycles. The summed E-state index contributed by atoms with van der Waals surface area (Å²) in [5.74, 6) is -0.0247. The molecule has 27 heavy (non-hydrogen) atoms. The first kappa shape index (κ1) is 16.6. The number of amides is 1. The maximum Gasteiger partial charge on any atom is 0.407 e. The smallest absolute Gasteiger partial charge is 0.407 e. The number of rotatable bonds is 1. The van der Waals surface area contributed by atoms with Gasteiger partial charge in [-0.1, -0.05) is 12.1 Å². The fourth-order valence-electron chi connectivity index (χ4n) is 5.21. The Balaban J connectivity index is 1.64. The fourth-order valence-corrected chi connectivity index (χ4v) is 5.21. The van der Waals surface area contributed by atoms with Crippen LogP contribution in [-0.2, 0) is 6.42 Å². The molecule has 2 atom stereocenters. The first-order valence-electron chi connectivity index (χ1n) is 9.79. The van der Waals surface area contributed by atoms with E-state index < -0.39 is 6.09 Å². The van der Waals surface area contributed by atoms with Crippen LogP contribution in [0.2, 0.25) is 0 Å². The third-order valence-corrected chi connectivity index (χ3v) is 6.41. The molecule has 0 unspecified atom stereocenters. The molecule has 140 valence electrons. The van der Waals surface area contributed by atoms with E-state index in [0.717, 1.165) is 43.4 Å². The number of likely N-dealkylation sites (tertiary alicyclic amines) is 1. The molecule has 3 aliphatic rings. The van der Waals surface area contributed by atoms with Gasteiger partial charge in [0.05, 0.1) is 0 Å². The van der Waals surface area contributed by atoms with Crippen molar-refractivity contribution in [3.8, 4) is 11.1 Å². The highest BCUT2D eigenvalue weighted by Gasteiger charge is 2.44. The standard InChI is InChI=1S/C22H23FN2O2/c23-17-6-3-5-14(11-17)16-10-15-4-1-2-8-25-20-7-9-24(22(26)27)13-19(20)18(12-16)21(15)25/h3,5-6,10-12,19-20H,1-2,4,7-9,13H2,(H,26,27)/t19-,20-/m0/s1. The second-order valence-electron chi connectivity index (χ2n) is 7.93. The van der Waals surface area contributed by atoms with Crippen LogP contribution in [0.3, 0.4) is 0 Å². The number of anilines is 1. The Morgan fingerprint density at radius 2 is 2.00 bits per heavy atom. The lowest BCUT2D eigenvalue weighted by Crippen LogP contribution is -2.48. The monoisotopic (exact) mass is 366 g/mol. The number of carboxylic acid groups (broad SMARTS) is 1. The molecular weight excluding hydrogens is 343 g/mol. The predicted octanol–water partition coefficient (Wildman–Crippen LogP) is 4.48. The number of hydrogen-bond acceptors (Lipinski definition) is 2. The molecular formula is C22H23FN2O2. The first-order valence-corrected chi connectivity index (χ1v) is 9.79. The van der Waals surface area contributed by atoms with Gasteiger partial charge in [-0.15, -0.1) is 0 Å². The number of aryl methyl sites for hydroxylation is 1. The van der Waals surface area contributed by atoms with Crippen molar-refractivity contribution in [3.05, 3.63) is 53.3 Å². The minimum atomic E-state index is -0.831. The van der Waals surface area contributed by atoms with Gasteiger partial charge in [0.25, 0.3) is 0 Å². The Kier molecular flexibility index (Phi) is 3.85. The summed E-state index contributed by atoms with van der Waals surface area (Å²) >= 11 is 0. The van der Waals surface area contributed by atoms with Crippen LogP contribution in [-0.4, -0.2) is 41.8 Å². The Bertz CT molecular complexity index is 913. The molecule has 5 heteroatoms. The quantitative estimate of drug-likeness (QED) is 0.809. The summed E-state index contributed by atoms with van der Waals surface area (Å²) in [5.41, 5.74) is 5.84. The van der Waals surface area contributed by atoms with Crippen LogP contribution < -0.4 is 4.90 Å². The van der Waals surface area contributed by atoms with E-state index in [1.807, 2.05) is 6.07 Å². The summed E-state index contributed by atoms with van der Waals surface area (Å²) < 4.78 is 13.8. The number of fused-ring (bicyclic) bond motifs is 3. The summed E-state index contributed by atoms with van der Waals surface area (Å²) in [6.45, 7) is 2.20. The summed E-state index contributed by atoms with van der Waals surface area (Å²) in [6, 6.07) is 11.5. The minimum Gasteiger partial charge on any atom is -0.465 e.